The molecule has 2 aliphatic carbocycles. The number of nitrogens with zero attached hydrogens (tertiary/aromatic N) is 1. The van der Waals surface area contributed by atoms with Crippen LogP contribution in [0.15, 0.2) is 0 Å². The number of carbonyl (C=O) groups excluding carboxylic acids is 1. The number of rotatable bonds is 4. The molecule has 0 aromatic heterocycles. The van der Waals surface area contributed by atoms with Crippen molar-refractivity contribution in [2.45, 2.75) is 71.4 Å². The molecule has 0 unspecified atom stereocenters. The van der Waals surface area contributed by atoms with Crippen LogP contribution in [0.1, 0.15) is 59.8 Å². The Kier molecular flexibility index (Phi) is 3.19. The molecule has 2 fully saturated rings. The van der Waals surface area contributed by atoms with Crippen LogP contribution in [0.3, 0.4) is 0 Å². The van der Waals surface area contributed by atoms with Crippen molar-refractivity contribution in [3.05, 3.63) is 0 Å². The second-order valence-corrected chi connectivity index (χ2v) is 7.94. The summed E-state index contributed by atoms with van der Waals surface area (Å²) in [6, 6.07) is 0.137. The maximum Gasteiger partial charge on any atom is 0.329 e. The Morgan fingerprint density at radius 2 is 1.58 bits per heavy atom. The lowest BCUT2D eigenvalue weighted by molar-refractivity contribution is -0.166. The molecule has 4 heteroatoms. The van der Waals surface area contributed by atoms with E-state index in [1.807, 2.05) is 0 Å². The van der Waals surface area contributed by atoms with E-state index in [-0.39, 0.29) is 16.9 Å². The highest BCUT2D eigenvalue weighted by Crippen LogP contribution is 2.53. The van der Waals surface area contributed by atoms with Crippen molar-refractivity contribution in [3.63, 3.8) is 0 Å². The van der Waals surface area contributed by atoms with E-state index in [1.54, 1.807) is 4.90 Å². The molecular weight excluding hydrogens is 242 g/mol. The van der Waals surface area contributed by atoms with Gasteiger partial charge in [-0.15, -0.1) is 0 Å². The first-order chi connectivity index (χ1) is 8.62. The molecule has 4 nitrogen and oxygen atoms in total. The van der Waals surface area contributed by atoms with E-state index in [1.165, 1.54) is 0 Å². The fourth-order valence-electron chi connectivity index (χ4n) is 4.40. The van der Waals surface area contributed by atoms with Crippen LogP contribution in [0.2, 0.25) is 0 Å². The summed E-state index contributed by atoms with van der Waals surface area (Å²) in [5, 5.41) is 9.83. The van der Waals surface area contributed by atoms with Gasteiger partial charge in [0, 0.05) is 6.04 Å². The summed E-state index contributed by atoms with van der Waals surface area (Å²) < 4.78 is 0. The van der Waals surface area contributed by atoms with Gasteiger partial charge in [-0.25, -0.2) is 4.79 Å². The minimum Gasteiger partial charge on any atom is -0.479 e. The standard InChI is InChI=1S/C15H25NO3/c1-13(2)7-14(3,4)9-15(8-13,12(18)19)16(10-17)11-5-6-11/h10-11H,5-9H2,1-4H3,(H,18,19). The SMILES string of the molecule is CC1(C)CC(C)(C)CC(C(=O)O)(N(C=O)C2CC2)C1. The van der Waals surface area contributed by atoms with Crippen molar-refractivity contribution in [2.24, 2.45) is 10.8 Å². The average molecular weight is 267 g/mol. The van der Waals surface area contributed by atoms with E-state index >= 15 is 0 Å². The molecule has 0 heterocycles. The van der Waals surface area contributed by atoms with Crippen LogP contribution in [0.5, 0.6) is 0 Å². The van der Waals surface area contributed by atoms with Crippen LogP contribution in [-0.4, -0.2) is 34.0 Å². The molecular formula is C15H25NO3. The fraction of sp³-hybridized carbons (Fsp3) is 0.867. The van der Waals surface area contributed by atoms with Crippen molar-refractivity contribution in [2.75, 3.05) is 0 Å². The van der Waals surface area contributed by atoms with Crippen LogP contribution < -0.4 is 0 Å². The Labute approximate surface area is 115 Å². The number of amides is 1. The van der Waals surface area contributed by atoms with Gasteiger partial charge in [0.15, 0.2) is 0 Å². The van der Waals surface area contributed by atoms with Gasteiger partial charge in [-0.2, -0.15) is 0 Å². The predicted octanol–water partition coefficient (Wildman–Crippen LogP) is 2.67. The van der Waals surface area contributed by atoms with E-state index < -0.39 is 11.5 Å². The van der Waals surface area contributed by atoms with E-state index in [9.17, 15) is 14.7 Å². The van der Waals surface area contributed by atoms with E-state index in [2.05, 4.69) is 27.7 Å². The molecule has 0 aliphatic heterocycles. The van der Waals surface area contributed by atoms with Crippen molar-refractivity contribution in [1.82, 2.24) is 4.90 Å². The molecule has 0 spiro atoms. The van der Waals surface area contributed by atoms with E-state index in [0.29, 0.717) is 12.8 Å². The highest BCUT2D eigenvalue weighted by atomic mass is 16.4. The summed E-state index contributed by atoms with van der Waals surface area (Å²) in [6.07, 6.45) is 4.74. The van der Waals surface area contributed by atoms with Gasteiger partial charge in [0.1, 0.15) is 5.54 Å². The minimum atomic E-state index is -1.02. The quantitative estimate of drug-likeness (QED) is 0.797. The number of carboxylic acids is 1. The highest BCUT2D eigenvalue weighted by Gasteiger charge is 2.57. The lowest BCUT2D eigenvalue weighted by atomic mass is 9.58. The Bertz CT molecular complexity index is 380. The molecule has 2 aliphatic rings. The summed E-state index contributed by atoms with van der Waals surface area (Å²) in [5.74, 6) is -0.840. The molecule has 0 bridgehead atoms. The highest BCUT2D eigenvalue weighted by molar-refractivity contribution is 5.82. The van der Waals surface area contributed by atoms with Crippen LogP contribution >= 0.6 is 0 Å². The van der Waals surface area contributed by atoms with Gasteiger partial charge in [-0.3, -0.25) is 4.79 Å². The van der Waals surface area contributed by atoms with Crippen LogP contribution in [0, 0.1) is 10.8 Å². The van der Waals surface area contributed by atoms with Crippen LogP contribution in [0.4, 0.5) is 0 Å². The van der Waals surface area contributed by atoms with Crippen molar-refractivity contribution >= 4 is 12.4 Å². The zero-order chi connectivity index (χ0) is 14.5. The third-order valence-electron chi connectivity index (χ3n) is 4.45. The molecule has 2 saturated carbocycles. The van der Waals surface area contributed by atoms with E-state index in [0.717, 1.165) is 25.7 Å². The van der Waals surface area contributed by atoms with Crippen molar-refractivity contribution < 1.29 is 14.7 Å². The van der Waals surface area contributed by atoms with Gasteiger partial charge >= 0.3 is 5.97 Å². The van der Waals surface area contributed by atoms with Crippen LogP contribution in [-0.2, 0) is 9.59 Å². The molecule has 0 saturated heterocycles. The van der Waals surface area contributed by atoms with Gasteiger partial charge in [0.2, 0.25) is 6.41 Å². The molecule has 0 aromatic carbocycles. The lowest BCUT2D eigenvalue weighted by Gasteiger charge is -2.53. The summed E-state index contributed by atoms with van der Waals surface area (Å²) >= 11 is 0. The second kappa shape index (κ2) is 4.22. The average Bonchev–Trinajstić information content (AvgIpc) is 2.97. The lowest BCUT2D eigenvalue weighted by Crippen LogP contribution is -2.61. The van der Waals surface area contributed by atoms with Gasteiger partial charge in [0.25, 0.3) is 0 Å². The van der Waals surface area contributed by atoms with Crippen molar-refractivity contribution in [1.29, 1.82) is 0 Å². The van der Waals surface area contributed by atoms with Gasteiger partial charge in [-0.05, 0) is 42.9 Å². The van der Waals surface area contributed by atoms with Gasteiger partial charge in [-0.1, -0.05) is 27.7 Å². The number of aliphatic carboxylic acids is 1. The monoisotopic (exact) mass is 267 g/mol. The summed E-state index contributed by atoms with van der Waals surface area (Å²) in [7, 11) is 0. The molecule has 108 valence electrons. The molecule has 1 N–H and O–H groups in total. The molecule has 0 radical (unpaired) electrons. The maximum absolute atomic E-state index is 12.0. The Morgan fingerprint density at radius 3 is 1.89 bits per heavy atom. The van der Waals surface area contributed by atoms with Gasteiger partial charge in [0.05, 0.1) is 0 Å². The smallest absolute Gasteiger partial charge is 0.329 e. The number of hydrogen-bond donors (Lipinski definition) is 1. The second-order valence-electron chi connectivity index (χ2n) is 7.94. The normalized spacial score (nSPS) is 27.6. The largest absolute Gasteiger partial charge is 0.479 e. The third-order valence-corrected chi connectivity index (χ3v) is 4.45. The molecule has 2 rings (SSSR count). The Morgan fingerprint density at radius 1 is 1.11 bits per heavy atom. The Balaban J connectivity index is 2.42. The first-order valence-electron chi connectivity index (χ1n) is 7.09. The fourth-order valence-corrected chi connectivity index (χ4v) is 4.40. The Hall–Kier alpha value is -1.06. The topological polar surface area (TPSA) is 57.6 Å². The first-order valence-corrected chi connectivity index (χ1v) is 7.09. The zero-order valence-electron chi connectivity index (χ0n) is 12.4. The summed E-state index contributed by atoms with van der Waals surface area (Å²) in [5.41, 5.74) is -1.14. The molecule has 19 heavy (non-hydrogen) atoms. The summed E-state index contributed by atoms with van der Waals surface area (Å²) in [6.45, 7) is 8.45. The summed E-state index contributed by atoms with van der Waals surface area (Å²) in [4.78, 5) is 25.1. The maximum atomic E-state index is 12.0. The van der Waals surface area contributed by atoms with Crippen molar-refractivity contribution in [3.8, 4) is 0 Å². The number of carbonyl (C=O) groups is 2. The van der Waals surface area contributed by atoms with E-state index in [4.69, 9.17) is 0 Å². The molecule has 0 aromatic rings. The number of hydrogen-bond acceptors (Lipinski definition) is 2. The van der Waals surface area contributed by atoms with Crippen LogP contribution in [0.25, 0.3) is 0 Å². The predicted molar refractivity (Wildman–Crippen MR) is 72.7 cm³/mol. The minimum absolute atomic E-state index is 0.0592. The number of carboxylic acid groups (broad SMARTS) is 1. The molecule has 0 atom stereocenters. The molecule has 1 amide bonds. The first kappa shape index (κ1) is 14.4. The zero-order valence-corrected chi connectivity index (χ0v) is 12.4. The third kappa shape index (κ3) is 2.63. The van der Waals surface area contributed by atoms with Gasteiger partial charge < -0.3 is 10.0 Å².